The third kappa shape index (κ3) is 4.79. The first kappa shape index (κ1) is 12.5. The fourth-order valence-electron chi connectivity index (χ4n) is 2.29. The number of halogens is 1. The topological polar surface area (TPSA) is 20.2 Å². The Morgan fingerprint density at radius 3 is 2.21 bits per heavy atom. The molecule has 1 unspecified atom stereocenters. The maximum atomic E-state index is 10.2. The fourth-order valence-corrected chi connectivity index (χ4v) is 2.89. The summed E-state index contributed by atoms with van der Waals surface area (Å²) in [6.45, 7) is 6.20. The third-order valence-electron chi connectivity index (χ3n) is 3.12. The zero-order valence-electron chi connectivity index (χ0n) is 9.65. The quantitative estimate of drug-likeness (QED) is 0.746. The molecular formula is C12H23BrO. The van der Waals surface area contributed by atoms with Gasteiger partial charge in [0.25, 0.3) is 0 Å². The second-order valence-electron chi connectivity index (χ2n) is 5.73. The summed E-state index contributed by atoms with van der Waals surface area (Å²) in [6.07, 6.45) is 7.15. The molecule has 0 spiro atoms. The number of aliphatic hydroxyl groups is 1. The molecule has 14 heavy (non-hydrogen) atoms. The average Bonchev–Trinajstić information content (AvgIpc) is 1.75. The molecule has 1 aliphatic carbocycles. The molecule has 0 bridgehead atoms. The minimum atomic E-state index is -0.497. The summed E-state index contributed by atoms with van der Waals surface area (Å²) in [4.78, 5) is 0. The Balaban J connectivity index is 2.25. The highest BCUT2D eigenvalue weighted by atomic mass is 79.9. The molecule has 1 atom stereocenters. The van der Waals surface area contributed by atoms with Crippen LogP contribution in [0.4, 0.5) is 0 Å². The standard InChI is InChI=1S/C12H23BrO/c1-11(2,13)9-12(3,14)8-7-10-5-4-6-10/h10,14H,4-9H2,1-3H3. The largest absolute Gasteiger partial charge is 0.390 e. The molecule has 0 radical (unpaired) electrons. The van der Waals surface area contributed by atoms with Crippen molar-refractivity contribution in [1.82, 2.24) is 0 Å². The van der Waals surface area contributed by atoms with Gasteiger partial charge in [0.05, 0.1) is 5.60 Å². The van der Waals surface area contributed by atoms with E-state index in [-0.39, 0.29) is 4.32 Å². The maximum Gasteiger partial charge on any atom is 0.0633 e. The number of rotatable bonds is 5. The van der Waals surface area contributed by atoms with Crippen molar-refractivity contribution >= 4 is 15.9 Å². The van der Waals surface area contributed by atoms with E-state index in [1.807, 2.05) is 6.92 Å². The van der Waals surface area contributed by atoms with Gasteiger partial charge in [0.2, 0.25) is 0 Å². The van der Waals surface area contributed by atoms with Gasteiger partial charge in [-0.05, 0) is 46.0 Å². The average molecular weight is 263 g/mol. The van der Waals surface area contributed by atoms with Crippen molar-refractivity contribution in [2.75, 3.05) is 0 Å². The first-order valence-corrected chi connectivity index (χ1v) is 6.49. The van der Waals surface area contributed by atoms with Gasteiger partial charge in [-0.25, -0.2) is 0 Å². The Morgan fingerprint density at radius 2 is 1.86 bits per heavy atom. The van der Waals surface area contributed by atoms with Gasteiger partial charge >= 0.3 is 0 Å². The minimum absolute atomic E-state index is 0.0517. The Bertz CT molecular complexity index is 177. The van der Waals surface area contributed by atoms with E-state index in [9.17, 15) is 5.11 Å². The molecule has 1 saturated carbocycles. The van der Waals surface area contributed by atoms with Gasteiger partial charge in [0.1, 0.15) is 0 Å². The second-order valence-corrected chi connectivity index (χ2v) is 7.87. The van der Waals surface area contributed by atoms with Crippen LogP contribution in [0.25, 0.3) is 0 Å². The second kappa shape index (κ2) is 4.52. The maximum absolute atomic E-state index is 10.2. The van der Waals surface area contributed by atoms with Crippen LogP contribution in [0, 0.1) is 5.92 Å². The third-order valence-corrected chi connectivity index (χ3v) is 3.40. The van der Waals surface area contributed by atoms with Crippen LogP contribution >= 0.6 is 15.9 Å². The number of hydrogen-bond donors (Lipinski definition) is 1. The van der Waals surface area contributed by atoms with Gasteiger partial charge in [-0.1, -0.05) is 35.2 Å². The SMILES string of the molecule is CC(C)(Br)CC(C)(O)CCC1CCC1. The normalized spacial score (nSPS) is 22.9. The number of hydrogen-bond acceptors (Lipinski definition) is 1. The highest BCUT2D eigenvalue weighted by molar-refractivity contribution is 9.10. The van der Waals surface area contributed by atoms with Gasteiger partial charge in [-0.3, -0.25) is 0 Å². The van der Waals surface area contributed by atoms with Gasteiger partial charge in [0, 0.05) is 4.32 Å². The van der Waals surface area contributed by atoms with Crippen molar-refractivity contribution in [3.05, 3.63) is 0 Å². The van der Waals surface area contributed by atoms with Gasteiger partial charge in [0.15, 0.2) is 0 Å². The highest BCUT2D eigenvalue weighted by Crippen LogP contribution is 2.36. The zero-order valence-corrected chi connectivity index (χ0v) is 11.2. The summed E-state index contributed by atoms with van der Waals surface area (Å²) in [5, 5.41) is 10.2. The van der Waals surface area contributed by atoms with Crippen LogP contribution in [0.3, 0.4) is 0 Å². The van der Waals surface area contributed by atoms with E-state index in [2.05, 4.69) is 29.8 Å². The monoisotopic (exact) mass is 262 g/mol. The summed E-state index contributed by atoms with van der Waals surface area (Å²) >= 11 is 3.59. The molecule has 0 aromatic rings. The van der Waals surface area contributed by atoms with Crippen LogP contribution in [0.2, 0.25) is 0 Å². The van der Waals surface area contributed by atoms with E-state index in [1.165, 1.54) is 25.7 Å². The van der Waals surface area contributed by atoms with E-state index in [0.29, 0.717) is 0 Å². The molecule has 84 valence electrons. The summed E-state index contributed by atoms with van der Waals surface area (Å²) in [5.41, 5.74) is -0.497. The van der Waals surface area contributed by atoms with Crippen molar-refractivity contribution in [2.45, 2.75) is 69.2 Å². The van der Waals surface area contributed by atoms with E-state index in [0.717, 1.165) is 18.8 Å². The zero-order chi connectivity index (χ0) is 10.8. The molecule has 0 saturated heterocycles. The molecule has 2 heteroatoms. The van der Waals surface area contributed by atoms with Crippen LogP contribution in [0.1, 0.15) is 59.3 Å². The van der Waals surface area contributed by atoms with Crippen LogP contribution in [0.15, 0.2) is 0 Å². The summed E-state index contributed by atoms with van der Waals surface area (Å²) in [6, 6.07) is 0. The molecule has 1 rings (SSSR count). The lowest BCUT2D eigenvalue weighted by Gasteiger charge is -2.33. The molecule has 0 heterocycles. The molecule has 0 aromatic carbocycles. The Hall–Kier alpha value is 0.440. The van der Waals surface area contributed by atoms with Crippen molar-refractivity contribution in [3.63, 3.8) is 0 Å². The number of alkyl halides is 1. The van der Waals surface area contributed by atoms with Gasteiger partial charge in [-0.2, -0.15) is 0 Å². The van der Waals surface area contributed by atoms with Crippen LogP contribution < -0.4 is 0 Å². The van der Waals surface area contributed by atoms with Gasteiger partial charge in [-0.15, -0.1) is 0 Å². The molecule has 1 fully saturated rings. The highest BCUT2D eigenvalue weighted by Gasteiger charge is 2.30. The first-order chi connectivity index (χ1) is 6.29. The fraction of sp³-hybridized carbons (Fsp3) is 1.00. The molecular weight excluding hydrogens is 240 g/mol. The lowest BCUT2D eigenvalue weighted by atomic mass is 9.78. The van der Waals surface area contributed by atoms with Crippen molar-refractivity contribution < 1.29 is 5.11 Å². The lowest BCUT2D eigenvalue weighted by molar-refractivity contribution is 0.0251. The minimum Gasteiger partial charge on any atom is -0.390 e. The summed E-state index contributed by atoms with van der Waals surface area (Å²) in [5.74, 6) is 0.903. The molecule has 0 amide bonds. The lowest BCUT2D eigenvalue weighted by Crippen LogP contribution is -2.32. The molecule has 1 N–H and O–H groups in total. The Labute approximate surface area is 96.4 Å². The summed E-state index contributed by atoms with van der Waals surface area (Å²) < 4.78 is 0.0517. The predicted molar refractivity (Wildman–Crippen MR) is 64.8 cm³/mol. The van der Waals surface area contributed by atoms with E-state index in [1.54, 1.807) is 0 Å². The van der Waals surface area contributed by atoms with Gasteiger partial charge < -0.3 is 5.11 Å². The van der Waals surface area contributed by atoms with E-state index < -0.39 is 5.60 Å². The smallest absolute Gasteiger partial charge is 0.0633 e. The molecule has 0 aromatic heterocycles. The van der Waals surface area contributed by atoms with Crippen LogP contribution in [-0.2, 0) is 0 Å². The molecule has 1 aliphatic rings. The summed E-state index contributed by atoms with van der Waals surface area (Å²) in [7, 11) is 0. The first-order valence-electron chi connectivity index (χ1n) is 5.70. The van der Waals surface area contributed by atoms with E-state index in [4.69, 9.17) is 0 Å². The van der Waals surface area contributed by atoms with Crippen molar-refractivity contribution in [1.29, 1.82) is 0 Å². The molecule has 0 aliphatic heterocycles. The van der Waals surface area contributed by atoms with Crippen molar-refractivity contribution in [3.8, 4) is 0 Å². The van der Waals surface area contributed by atoms with E-state index >= 15 is 0 Å². The Kier molecular flexibility index (Phi) is 4.04. The predicted octanol–water partition coefficient (Wildman–Crippen LogP) is 3.88. The molecule has 1 nitrogen and oxygen atoms in total. The Morgan fingerprint density at radius 1 is 1.29 bits per heavy atom. The van der Waals surface area contributed by atoms with Crippen molar-refractivity contribution in [2.24, 2.45) is 5.92 Å². The van der Waals surface area contributed by atoms with Crippen LogP contribution in [0.5, 0.6) is 0 Å². The van der Waals surface area contributed by atoms with Crippen LogP contribution in [-0.4, -0.2) is 15.0 Å².